The second kappa shape index (κ2) is 7.56. The maximum absolute atomic E-state index is 13.2. The van der Waals surface area contributed by atoms with E-state index < -0.39 is 18.2 Å². The zero-order chi connectivity index (χ0) is 18.0. The fourth-order valence-corrected chi connectivity index (χ4v) is 3.31. The molecule has 2 aromatic rings. The van der Waals surface area contributed by atoms with E-state index in [1.807, 2.05) is 0 Å². The van der Waals surface area contributed by atoms with Crippen molar-refractivity contribution >= 4 is 35.2 Å². The minimum absolute atomic E-state index is 0.00682. The quantitative estimate of drug-likeness (QED) is 0.771. The maximum Gasteiger partial charge on any atom is 0.309 e. The van der Waals surface area contributed by atoms with Gasteiger partial charge in [0.15, 0.2) is 0 Å². The number of aliphatic hydroxyl groups excluding tert-OH is 1. The molecular formula is C19H15Cl2FO3. The SMILES string of the molecule is O=C1C[C@H](O)CC(/C=C/c2c(Cl)cc(Cl)cc2-c2ccc(F)cc2)O1. The second-order valence-electron chi connectivity index (χ2n) is 5.84. The lowest BCUT2D eigenvalue weighted by Gasteiger charge is -2.23. The van der Waals surface area contributed by atoms with Crippen LogP contribution in [0.4, 0.5) is 4.39 Å². The first-order chi connectivity index (χ1) is 11.9. The van der Waals surface area contributed by atoms with E-state index in [0.29, 0.717) is 22.0 Å². The van der Waals surface area contributed by atoms with Crippen LogP contribution in [0.1, 0.15) is 18.4 Å². The molecule has 3 nitrogen and oxygen atoms in total. The van der Waals surface area contributed by atoms with Crippen molar-refractivity contribution in [3.05, 3.63) is 63.9 Å². The van der Waals surface area contributed by atoms with Crippen molar-refractivity contribution in [3.8, 4) is 11.1 Å². The Bertz CT molecular complexity index is 818. The van der Waals surface area contributed by atoms with Crippen molar-refractivity contribution in [2.75, 3.05) is 0 Å². The monoisotopic (exact) mass is 380 g/mol. The summed E-state index contributed by atoms with van der Waals surface area (Å²) < 4.78 is 18.4. The molecule has 1 fully saturated rings. The van der Waals surface area contributed by atoms with E-state index in [-0.39, 0.29) is 12.2 Å². The van der Waals surface area contributed by atoms with Crippen molar-refractivity contribution in [1.29, 1.82) is 0 Å². The highest BCUT2D eigenvalue weighted by Crippen LogP contribution is 2.34. The number of aliphatic hydroxyl groups is 1. The third-order valence-electron chi connectivity index (χ3n) is 3.92. The van der Waals surface area contributed by atoms with E-state index in [9.17, 15) is 14.3 Å². The smallest absolute Gasteiger partial charge is 0.309 e. The Morgan fingerprint density at radius 1 is 1.20 bits per heavy atom. The topological polar surface area (TPSA) is 46.5 Å². The Morgan fingerprint density at radius 3 is 2.60 bits per heavy atom. The van der Waals surface area contributed by atoms with Gasteiger partial charge in [-0.15, -0.1) is 0 Å². The summed E-state index contributed by atoms with van der Waals surface area (Å²) >= 11 is 12.4. The zero-order valence-corrected chi connectivity index (χ0v) is 14.6. The van der Waals surface area contributed by atoms with Crippen molar-refractivity contribution in [2.24, 2.45) is 0 Å². The van der Waals surface area contributed by atoms with Gasteiger partial charge in [-0.3, -0.25) is 4.79 Å². The second-order valence-corrected chi connectivity index (χ2v) is 6.68. The summed E-state index contributed by atoms with van der Waals surface area (Å²) in [5.74, 6) is -0.772. The highest BCUT2D eigenvalue weighted by molar-refractivity contribution is 6.36. The van der Waals surface area contributed by atoms with Crippen LogP contribution in [0.2, 0.25) is 10.0 Å². The molecule has 1 saturated heterocycles. The highest BCUT2D eigenvalue weighted by Gasteiger charge is 2.25. The third-order valence-corrected chi connectivity index (χ3v) is 4.45. The largest absolute Gasteiger partial charge is 0.458 e. The molecule has 0 saturated carbocycles. The van der Waals surface area contributed by atoms with E-state index in [1.165, 1.54) is 12.1 Å². The van der Waals surface area contributed by atoms with Gasteiger partial charge in [-0.2, -0.15) is 0 Å². The molecule has 0 amide bonds. The molecule has 2 aromatic carbocycles. The Balaban J connectivity index is 1.96. The Kier molecular flexibility index (Phi) is 5.42. The summed E-state index contributed by atoms with van der Waals surface area (Å²) in [6, 6.07) is 9.34. The lowest BCUT2D eigenvalue weighted by molar-refractivity contribution is -0.156. The van der Waals surface area contributed by atoms with Gasteiger partial charge in [0, 0.05) is 22.0 Å². The van der Waals surface area contributed by atoms with Gasteiger partial charge in [0.2, 0.25) is 0 Å². The van der Waals surface area contributed by atoms with Gasteiger partial charge in [-0.25, -0.2) is 4.39 Å². The number of esters is 1. The van der Waals surface area contributed by atoms with Crippen LogP contribution in [0.5, 0.6) is 0 Å². The number of rotatable bonds is 3. The summed E-state index contributed by atoms with van der Waals surface area (Å²) in [4.78, 5) is 11.4. The van der Waals surface area contributed by atoms with Gasteiger partial charge < -0.3 is 9.84 Å². The van der Waals surface area contributed by atoms with Crippen LogP contribution in [-0.2, 0) is 9.53 Å². The van der Waals surface area contributed by atoms with Crippen molar-refractivity contribution in [2.45, 2.75) is 25.0 Å². The van der Waals surface area contributed by atoms with Crippen molar-refractivity contribution in [3.63, 3.8) is 0 Å². The predicted octanol–water partition coefficient (Wildman–Crippen LogP) is 4.88. The number of benzene rings is 2. The molecule has 0 radical (unpaired) electrons. The van der Waals surface area contributed by atoms with Gasteiger partial charge in [0.25, 0.3) is 0 Å². The minimum Gasteiger partial charge on any atom is -0.458 e. The Morgan fingerprint density at radius 2 is 1.92 bits per heavy atom. The third kappa shape index (κ3) is 4.40. The molecule has 1 heterocycles. The molecule has 0 aromatic heterocycles. The molecule has 130 valence electrons. The van der Waals surface area contributed by atoms with Crippen molar-refractivity contribution in [1.82, 2.24) is 0 Å². The lowest BCUT2D eigenvalue weighted by Crippen LogP contribution is -2.31. The van der Waals surface area contributed by atoms with Crippen LogP contribution in [0, 0.1) is 5.82 Å². The average molecular weight is 381 g/mol. The van der Waals surface area contributed by atoms with Gasteiger partial charge >= 0.3 is 5.97 Å². The van der Waals surface area contributed by atoms with E-state index in [0.717, 1.165) is 11.1 Å². The van der Waals surface area contributed by atoms with Crippen LogP contribution in [0.3, 0.4) is 0 Å². The fourth-order valence-electron chi connectivity index (χ4n) is 2.75. The summed E-state index contributed by atoms with van der Waals surface area (Å²) in [5.41, 5.74) is 2.16. The number of carbonyl (C=O) groups excluding carboxylic acids is 1. The van der Waals surface area contributed by atoms with Gasteiger partial charge in [-0.05, 0) is 41.5 Å². The molecule has 0 bridgehead atoms. The number of hydrogen-bond acceptors (Lipinski definition) is 3. The number of carbonyl (C=O) groups is 1. The molecular weight excluding hydrogens is 366 g/mol. The predicted molar refractivity (Wildman–Crippen MR) is 96.0 cm³/mol. The van der Waals surface area contributed by atoms with Crippen LogP contribution < -0.4 is 0 Å². The summed E-state index contributed by atoms with van der Waals surface area (Å²) in [6.45, 7) is 0. The average Bonchev–Trinajstić information content (AvgIpc) is 2.53. The first-order valence-corrected chi connectivity index (χ1v) is 8.48. The van der Waals surface area contributed by atoms with Gasteiger partial charge in [-0.1, -0.05) is 41.4 Å². The number of cyclic esters (lactones) is 1. The normalized spacial score (nSPS) is 20.7. The molecule has 2 atom stereocenters. The number of halogens is 3. The highest BCUT2D eigenvalue weighted by atomic mass is 35.5. The molecule has 3 rings (SSSR count). The zero-order valence-electron chi connectivity index (χ0n) is 13.1. The molecule has 0 aliphatic carbocycles. The van der Waals surface area contributed by atoms with Gasteiger partial charge in [0.05, 0.1) is 12.5 Å². The summed E-state index contributed by atoms with van der Waals surface area (Å²) in [6.07, 6.45) is 2.51. The van der Waals surface area contributed by atoms with E-state index in [1.54, 1.807) is 36.4 Å². The minimum atomic E-state index is -0.715. The van der Waals surface area contributed by atoms with Crippen LogP contribution in [0.15, 0.2) is 42.5 Å². The molecule has 1 aliphatic heterocycles. The van der Waals surface area contributed by atoms with Gasteiger partial charge in [0.1, 0.15) is 11.9 Å². The summed E-state index contributed by atoms with van der Waals surface area (Å²) in [5, 5.41) is 10.6. The van der Waals surface area contributed by atoms with Crippen molar-refractivity contribution < 1.29 is 19.0 Å². The number of ether oxygens (including phenoxy) is 1. The molecule has 6 heteroatoms. The summed E-state index contributed by atoms with van der Waals surface area (Å²) in [7, 11) is 0. The van der Waals surface area contributed by atoms with Crippen LogP contribution >= 0.6 is 23.2 Å². The van der Waals surface area contributed by atoms with Crippen LogP contribution in [0.25, 0.3) is 17.2 Å². The maximum atomic E-state index is 13.2. The fraction of sp³-hybridized carbons (Fsp3) is 0.211. The molecule has 1 N–H and O–H groups in total. The number of hydrogen-bond donors (Lipinski definition) is 1. The standard InChI is InChI=1S/C19H15Cl2FO3/c20-12-7-17(11-1-3-13(22)4-2-11)16(18(21)8-12)6-5-15-9-14(23)10-19(24)25-15/h1-8,14-15,23H,9-10H2/b6-5+/t14-,15?/m1/s1. The Hall–Kier alpha value is -1.88. The first-order valence-electron chi connectivity index (χ1n) is 7.73. The molecule has 25 heavy (non-hydrogen) atoms. The molecule has 0 spiro atoms. The first kappa shape index (κ1) is 17.9. The molecule has 1 unspecified atom stereocenters. The van der Waals surface area contributed by atoms with E-state index >= 15 is 0 Å². The van der Waals surface area contributed by atoms with E-state index in [2.05, 4.69) is 0 Å². The Labute approximate surface area is 154 Å². The molecule has 1 aliphatic rings. The lowest BCUT2D eigenvalue weighted by atomic mass is 9.98. The van der Waals surface area contributed by atoms with Crippen LogP contribution in [-0.4, -0.2) is 23.3 Å². The van der Waals surface area contributed by atoms with E-state index in [4.69, 9.17) is 27.9 Å².